The summed E-state index contributed by atoms with van der Waals surface area (Å²) in [6.07, 6.45) is 0.281. The Kier molecular flexibility index (Phi) is 3.26. The van der Waals surface area contributed by atoms with E-state index in [-0.39, 0.29) is 0 Å². The molecule has 1 atom stereocenters. The third-order valence-corrected chi connectivity index (χ3v) is 2.99. The normalized spacial score (nSPS) is 16.8. The molecule has 1 N–H and O–H groups in total. The molecule has 1 aromatic rings. The van der Waals surface area contributed by atoms with Crippen LogP contribution in [0.3, 0.4) is 0 Å². The van der Waals surface area contributed by atoms with Crippen molar-refractivity contribution in [2.24, 2.45) is 0 Å². The fourth-order valence-corrected chi connectivity index (χ4v) is 2.13. The molecule has 0 amide bonds. The molecule has 0 aromatic heterocycles. The van der Waals surface area contributed by atoms with E-state index in [1.807, 2.05) is 6.92 Å². The van der Waals surface area contributed by atoms with Crippen molar-refractivity contribution in [2.45, 2.75) is 26.4 Å². The first-order valence-electron chi connectivity index (χ1n) is 5.38. The highest BCUT2D eigenvalue weighted by atomic mass is 35.5. The van der Waals surface area contributed by atoms with Gasteiger partial charge in [0, 0.05) is 12.0 Å². The zero-order valence-corrected chi connectivity index (χ0v) is 10.2. The first-order chi connectivity index (χ1) is 7.61. The topological polar surface area (TPSA) is 38.7 Å². The molecule has 16 heavy (non-hydrogen) atoms. The largest absolute Gasteiger partial charge is 0.489 e. The smallest absolute Gasteiger partial charge is 0.180 e. The van der Waals surface area contributed by atoms with Crippen LogP contribution < -0.4 is 9.47 Å². The lowest BCUT2D eigenvalue weighted by Crippen LogP contribution is -2.01. The van der Waals surface area contributed by atoms with Gasteiger partial charge >= 0.3 is 0 Å². The summed E-state index contributed by atoms with van der Waals surface area (Å²) < 4.78 is 11.2. The second-order valence-corrected chi connectivity index (χ2v) is 4.36. The fourth-order valence-electron chi connectivity index (χ4n) is 1.87. The van der Waals surface area contributed by atoms with Crippen LogP contribution in [0.4, 0.5) is 0 Å². The monoisotopic (exact) mass is 242 g/mol. The Morgan fingerprint density at radius 1 is 1.31 bits per heavy atom. The minimum Gasteiger partial charge on any atom is -0.489 e. The van der Waals surface area contributed by atoms with E-state index in [4.69, 9.17) is 21.1 Å². The van der Waals surface area contributed by atoms with Crippen LogP contribution in [0.5, 0.6) is 11.5 Å². The second kappa shape index (κ2) is 4.52. The predicted molar refractivity (Wildman–Crippen MR) is 62.4 cm³/mol. The third-order valence-electron chi connectivity index (χ3n) is 2.71. The quantitative estimate of drug-likeness (QED) is 0.823. The van der Waals surface area contributed by atoms with Gasteiger partial charge in [0.25, 0.3) is 0 Å². The van der Waals surface area contributed by atoms with Crippen molar-refractivity contribution in [1.29, 1.82) is 0 Å². The van der Waals surface area contributed by atoms with Crippen molar-refractivity contribution in [3.05, 3.63) is 22.2 Å². The molecule has 1 heterocycles. The Bertz CT molecular complexity index is 402. The zero-order valence-electron chi connectivity index (χ0n) is 9.42. The van der Waals surface area contributed by atoms with E-state index in [0.717, 1.165) is 17.5 Å². The summed E-state index contributed by atoms with van der Waals surface area (Å²) in [6, 6.07) is 1.75. The van der Waals surface area contributed by atoms with E-state index in [0.29, 0.717) is 29.7 Å². The summed E-state index contributed by atoms with van der Waals surface area (Å²) in [5.74, 6) is 1.27. The number of fused-ring (bicyclic) bond motifs is 1. The molecule has 1 aromatic carbocycles. The number of aliphatic hydroxyl groups is 1. The first kappa shape index (κ1) is 11.6. The van der Waals surface area contributed by atoms with Gasteiger partial charge in [0.2, 0.25) is 0 Å². The average Bonchev–Trinajstić information content (AvgIpc) is 2.48. The standard InChI is InChI=1S/C12H15ClO3/c1-7-9(8(2)14)6-10(13)12-11(7)15-4-3-5-16-12/h6,8,14H,3-5H2,1-2H3. The maximum Gasteiger partial charge on any atom is 0.180 e. The van der Waals surface area contributed by atoms with E-state index in [1.54, 1.807) is 13.0 Å². The SMILES string of the molecule is Cc1c(C(C)O)cc(Cl)c2c1OCCCO2. The Morgan fingerprint density at radius 3 is 2.56 bits per heavy atom. The van der Waals surface area contributed by atoms with Crippen molar-refractivity contribution in [1.82, 2.24) is 0 Å². The van der Waals surface area contributed by atoms with Gasteiger partial charge in [-0.3, -0.25) is 0 Å². The van der Waals surface area contributed by atoms with Crippen molar-refractivity contribution < 1.29 is 14.6 Å². The molecule has 2 rings (SSSR count). The summed E-state index contributed by atoms with van der Waals surface area (Å²) in [5, 5.41) is 10.1. The van der Waals surface area contributed by atoms with Crippen LogP contribution >= 0.6 is 11.6 Å². The molecule has 0 spiro atoms. The van der Waals surface area contributed by atoms with Gasteiger partial charge in [-0.25, -0.2) is 0 Å². The van der Waals surface area contributed by atoms with Crippen molar-refractivity contribution in [3.8, 4) is 11.5 Å². The lowest BCUT2D eigenvalue weighted by Gasteiger charge is -2.17. The molecule has 1 aliphatic heterocycles. The number of ether oxygens (including phenoxy) is 2. The number of benzene rings is 1. The molecule has 0 radical (unpaired) electrons. The van der Waals surface area contributed by atoms with Gasteiger partial charge in [-0.1, -0.05) is 11.6 Å². The van der Waals surface area contributed by atoms with Gasteiger partial charge in [0.1, 0.15) is 0 Å². The fraction of sp³-hybridized carbons (Fsp3) is 0.500. The zero-order chi connectivity index (χ0) is 11.7. The van der Waals surface area contributed by atoms with Gasteiger partial charge in [0.05, 0.1) is 24.3 Å². The maximum atomic E-state index is 9.65. The molecule has 1 unspecified atom stereocenters. The van der Waals surface area contributed by atoms with Gasteiger partial charge in [0.15, 0.2) is 11.5 Å². The molecule has 0 aliphatic carbocycles. The molecule has 0 saturated heterocycles. The molecule has 1 aliphatic rings. The van der Waals surface area contributed by atoms with Gasteiger partial charge < -0.3 is 14.6 Å². The van der Waals surface area contributed by atoms with E-state index in [1.165, 1.54) is 0 Å². The molecule has 3 nitrogen and oxygen atoms in total. The molecule has 0 saturated carbocycles. The van der Waals surface area contributed by atoms with E-state index >= 15 is 0 Å². The molecule has 0 bridgehead atoms. The van der Waals surface area contributed by atoms with Crippen LogP contribution in [0.25, 0.3) is 0 Å². The molecule has 4 heteroatoms. The Hall–Kier alpha value is -0.930. The van der Waals surface area contributed by atoms with E-state index < -0.39 is 6.10 Å². The second-order valence-electron chi connectivity index (χ2n) is 3.96. The van der Waals surface area contributed by atoms with Crippen LogP contribution in [0, 0.1) is 6.92 Å². The van der Waals surface area contributed by atoms with E-state index in [9.17, 15) is 5.11 Å². The summed E-state index contributed by atoms with van der Waals surface area (Å²) in [6.45, 7) is 4.85. The summed E-state index contributed by atoms with van der Waals surface area (Å²) >= 11 is 6.12. The average molecular weight is 243 g/mol. The number of hydrogen-bond acceptors (Lipinski definition) is 3. The predicted octanol–water partition coefficient (Wildman–Crippen LogP) is 2.86. The number of aliphatic hydroxyl groups excluding tert-OH is 1. The summed E-state index contributed by atoms with van der Waals surface area (Å²) in [4.78, 5) is 0. The number of hydrogen-bond donors (Lipinski definition) is 1. The lowest BCUT2D eigenvalue weighted by atomic mass is 10.0. The molecule has 0 fully saturated rings. The van der Waals surface area contributed by atoms with Crippen LogP contribution in [-0.4, -0.2) is 18.3 Å². The Labute approximate surface area is 99.9 Å². The van der Waals surface area contributed by atoms with Crippen LogP contribution in [0.15, 0.2) is 6.07 Å². The molecular formula is C12H15ClO3. The van der Waals surface area contributed by atoms with Crippen molar-refractivity contribution >= 4 is 11.6 Å². The van der Waals surface area contributed by atoms with Gasteiger partial charge in [-0.15, -0.1) is 0 Å². The maximum absolute atomic E-state index is 9.65. The van der Waals surface area contributed by atoms with Crippen LogP contribution in [0.2, 0.25) is 5.02 Å². The van der Waals surface area contributed by atoms with Crippen LogP contribution in [-0.2, 0) is 0 Å². The number of halogens is 1. The van der Waals surface area contributed by atoms with Gasteiger partial charge in [-0.05, 0) is 25.5 Å². The Morgan fingerprint density at radius 2 is 1.94 bits per heavy atom. The van der Waals surface area contributed by atoms with E-state index in [2.05, 4.69) is 0 Å². The minimum atomic E-state index is -0.561. The summed E-state index contributed by atoms with van der Waals surface area (Å²) in [7, 11) is 0. The molecular weight excluding hydrogens is 228 g/mol. The third kappa shape index (κ3) is 1.97. The van der Waals surface area contributed by atoms with Crippen molar-refractivity contribution in [2.75, 3.05) is 13.2 Å². The highest BCUT2D eigenvalue weighted by Crippen LogP contribution is 2.42. The van der Waals surface area contributed by atoms with Gasteiger partial charge in [-0.2, -0.15) is 0 Å². The minimum absolute atomic E-state index is 0.499. The van der Waals surface area contributed by atoms with Crippen molar-refractivity contribution in [3.63, 3.8) is 0 Å². The summed E-state index contributed by atoms with van der Waals surface area (Å²) in [5.41, 5.74) is 1.69. The first-order valence-corrected chi connectivity index (χ1v) is 5.75. The number of rotatable bonds is 1. The lowest BCUT2D eigenvalue weighted by molar-refractivity contribution is 0.197. The Balaban J connectivity index is 2.56. The molecule has 88 valence electrons. The highest BCUT2D eigenvalue weighted by Gasteiger charge is 2.21. The highest BCUT2D eigenvalue weighted by molar-refractivity contribution is 6.32. The van der Waals surface area contributed by atoms with Crippen LogP contribution in [0.1, 0.15) is 30.6 Å².